The molecule has 0 unspecified atom stereocenters. The summed E-state index contributed by atoms with van der Waals surface area (Å²) in [7, 11) is 4.07. The van der Waals surface area contributed by atoms with Crippen molar-refractivity contribution in [3.05, 3.63) is 29.6 Å². The first-order chi connectivity index (χ1) is 7.24. The third-order valence-electron chi connectivity index (χ3n) is 2.05. The molecule has 1 rings (SSSR count). The summed E-state index contributed by atoms with van der Waals surface area (Å²) in [6.07, 6.45) is 1.64. The van der Waals surface area contributed by atoms with Gasteiger partial charge in [-0.05, 0) is 20.2 Å². The highest BCUT2D eigenvalue weighted by molar-refractivity contribution is 5.30. The fourth-order valence-corrected chi connectivity index (χ4v) is 1.21. The van der Waals surface area contributed by atoms with Crippen LogP contribution in [0.2, 0.25) is 0 Å². The molecule has 0 atom stereocenters. The molecule has 1 aromatic heterocycles. The van der Waals surface area contributed by atoms with E-state index < -0.39 is 0 Å². The average Bonchev–Trinajstić information content (AvgIpc) is 2.24. The van der Waals surface area contributed by atoms with E-state index in [-0.39, 0.29) is 0 Å². The molecule has 80 valence electrons. The Kier molecular flexibility index (Phi) is 4.75. The van der Waals surface area contributed by atoms with Crippen molar-refractivity contribution in [1.82, 2.24) is 15.2 Å². The second kappa shape index (κ2) is 6.12. The van der Waals surface area contributed by atoms with Gasteiger partial charge in [-0.2, -0.15) is 5.26 Å². The second-order valence-corrected chi connectivity index (χ2v) is 3.60. The van der Waals surface area contributed by atoms with Crippen molar-refractivity contribution in [2.75, 3.05) is 27.2 Å². The van der Waals surface area contributed by atoms with Crippen LogP contribution in [0.25, 0.3) is 0 Å². The molecule has 0 fully saturated rings. The molecular weight excluding hydrogens is 188 g/mol. The van der Waals surface area contributed by atoms with E-state index in [9.17, 15) is 0 Å². The molecule has 0 aliphatic heterocycles. The van der Waals surface area contributed by atoms with E-state index in [1.54, 1.807) is 6.20 Å². The van der Waals surface area contributed by atoms with Crippen molar-refractivity contribution < 1.29 is 0 Å². The first-order valence-corrected chi connectivity index (χ1v) is 4.93. The number of hydrogen-bond donors (Lipinski definition) is 1. The lowest BCUT2D eigenvalue weighted by Crippen LogP contribution is -2.26. The molecule has 0 aliphatic rings. The molecule has 15 heavy (non-hydrogen) atoms. The molecular formula is C11H16N4. The maximum atomic E-state index is 8.81. The van der Waals surface area contributed by atoms with Crippen LogP contribution in [0.5, 0.6) is 0 Å². The van der Waals surface area contributed by atoms with Gasteiger partial charge in [0.2, 0.25) is 0 Å². The molecule has 0 aromatic carbocycles. The van der Waals surface area contributed by atoms with Gasteiger partial charge in [-0.15, -0.1) is 0 Å². The Labute approximate surface area is 90.5 Å². The van der Waals surface area contributed by atoms with Crippen molar-refractivity contribution in [3.8, 4) is 6.07 Å². The summed E-state index contributed by atoms with van der Waals surface area (Å²) < 4.78 is 0. The van der Waals surface area contributed by atoms with Gasteiger partial charge in [0.25, 0.3) is 0 Å². The molecule has 1 aromatic rings. The summed E-state index contributed by atoms with van der Waals surface area (Å²) in [5, 5.41) is 12.1. The smallest absolute Gasteiger partial charge is 0.144 e. The van der Waals surface area contributed by atoms with E-state index in [0.717, 1.165) is 18.7 Å². The third kappa shape index (κ3) is 4.07. The van der Waals surface area contributed by atoms with Gasteiger partial charge in [-0.25, -0.2) is 4.98 Å². The molecule has 0 saturated heterocycles. The molecule has 0 bridgehead atoms. The van der Waals surface area contributed by atoms with E-state index in [4.69, 9.17) is 5.26 Å². The normalized spacial score (nSPS) is 10.3. The summed E-state index contributed by atoms with van der Waals surface area (Å²) in [4.78, 5) is 6.11. The van der Waals surface area contributed by atoms with Gasteiger partial charge in [0, 0.05) is 31.4 Å². The molecule has 1 heterocycles. The van der Waals surface area contributed by atoms with Crippen LogP contribution in [-0.4, -0.2) is 37.1 Å². The zero-order chi connectivity index (χ0) is 11.1. The summed E-state index contributed by atoms with van der Waals surface area (Å²) >= 11 is 0. The zero-order valence-electron chi connectivity index (χ0n) is 9.20. The van der Waals surface area contributed by atoms with Gasteiger partial charge in [0.15, 0.2) is 0 Å². The predicted molar refractivity (Wildman–Crippen MR) is 59.2 cm³/mol. The highest BCUT2D eigenvalue weighted by Gasteiger charge is 2.00. The van der Waals surface area contributed by atoms with E-state index in [2.05, 4.69) is 21.3 Å². The topological polar surface area (TPSA) is 52.0 Å². The Balaban J connectivity index is 2.41. The number of rotatable bonds is 5. The minimum absolute atomic E-state index is 0.509. The second-order valence-electron chi connectivity index (χ2n) is 3.60. The van der Waals surface area contributed by atoms with Crippen molar-refractivity contribution in [2.24, 2.45) is 0 Å². The van der Waals surface area contributed by atoms with Crippen LogP contribution in [0, 0.1) is 11.3 Å². The van der Waals surface area contributed by atoms with Gasteiger partial charge in [-0.1, -0.05) is 6.07 Å². The minimum atomic E-state index is 0.509. The number of hydrogen-bond acceptors (Lipinski definition) is 4. The maximum Gasteiger partial charge on any atom is 0.144 e. The quantitative estimate of drug-likeness (QED) is 0.714. The summed E-state index contributed by atoms with van der Waals surface area (Å²) in [6, 6.07) is 5.86. The molecule has 0 spiro atoms. The number of pyridine rings is 1. The Morgan fingerprint density at radius 3 is 3.00 bits per heavy atom. The number of nitrogens with one attached hydrogen (secondary N) is 1. The first kappa shape index (κ1) is 11.6. The van der Waals surface area contributed by atoms with Crippen molar-refractivity contribution in [3.63, 3.8) is 0 Å². The first-order valence-electron chi connectivity index (χ1n) is 4.93. The fourth-order valence-electron chi connectivity index (χ4n) is 1.21. The van der Waals surface area contributed by atoms with Gasteiger partial charge in [0.1, 0.15) is 11.8 Å². The van der Waals surface area contributed by atoms with E-state index >= 15 is 0 Å². The van der Waals surface area contributed by atoms with E-state index in [1.807, 2.05) is 26.2 Å². The molecule has 0 aliphatic carbocycles. The fraction of sp³-hybridized carbons (Fsp3) is 0.455. The highest BCUT2D eigenvalue weighted by Crippen LogP contribution is 2.02. The molecule has 0 saturated carbocycles. The van der Waals surface area contributed by atoms with Crippen LogP contribution >= 0.6 is 0 Å². The number of nitriles is 1. The molecule has 1 N–H and O–H groups in total. The number of likely N-dealkylation sites (N-methyl/N-ethyl adjacent to an activating group) is 1. The van der Waals surface area contributed by atoms with Crippen molar-refractivity contribution >= 4 is 0 Å². The Bertz CT molecular complexity index is 341. The van der Waals surface area contributed by atoms with Crippen LogP contribution in [0.4, 0.5) is 0 Å². The van der Waals surface area contributed by atoms with Crippen molar-refractivity contribution in [1.29, 1.82) is 5.26 Å². The SMILES string of the molecule is CN(C)CCNCc1cccnc1C#N. The minimum Gasteiger partial charge on any atom is -0.311 e. The van der Waals surface area contributed by atoms with E-state index in [1.165, 1.54) is 0 Å². The lowest BCUT2D eigenvalue weighted by molar-refractivity contribution is 0.400. The highest BCUT2D eigenvalue weighted by atomic mass is 15.1. The Morgan fingerprint density at radius 2 is 2.33 bits per heavy atom. The molecule has 0 amide bonds. The monoisotopic (exact) mass is 204 g/mol. The Hall–Kier alpha value is -1.44. The van der Waals surface area contributed by atoms with Crippen LogP contribution < -0.4 is 5.32 Å². The lowest BCUT2D eigenvalue weighted by Gasteiger charge is -2.10. The molecule has 4 nitrogen and oxygen atoms in total. The standard InChI is InChI=1S/C11H16N4/c1-15(2)7-6-13-9-10-4-3-5-14-11(10)8-12/h3-5,13H,6-7,9H2,1-2H3. The summed E-state index contributed by atoms with van der Waals surface area (Å²) in [6.45, 7) is 2.60. The van der Waals surface area contributed by atoms with Crippen LogP contribution in [-0.2, 0) is 6.54 Å². The van der Waals surface area contributed by atoms with Gasteiger partial charge in [-0.3, -0.25) is 0 Å². The zero-order valence-corrected chi connectivity index (χ0v) is 9.20. The van der Waals surface area contributed by atoms with Gasteiger partial charge < -0.3 is 10.2 Å². The van der Waals surface area contributed by atoms with Crippen LogP contribution in [0.3, 0.4) is 0 Å². The molecule has 4 heteroatoms. The van der Waals surface area contributed by atoms with Gasteiger partial charge in [0.05, 0.1) is 0 Å². The van der Waals surface area contributed by atoms with E-state index in [0.29, 0.717) is 12.2 Å². The van der Waals surface area contributed by atoms with Crippen molar-refractivity contribution in [2.45, 2.75) is 6.54 Å². The maximum absolute atomic E-state index is 8.81. The molecule has 0 radical (unpaired) electrons. The van der Waals surface area contributed by atoms with Gasteiger partial charge >= 0.3 is 0 Å². The van der Waals surface area contributed by atoms with Crippen LogP contribution in [0.1, 0.15) is 11.3 Å². The lowest BCUT2D eigenvalue weighted by atomic mass is 10.2. The summed E-state index contributed by atoms with van der Waals surface area (Å²) in [5.41, 5.74) is 1.47. The average molecular weight is 204 g/mol. The van der Waals surface area contributed by atoms with Crippen LogP contribution in [0.15, 0.2) is 18.3 Å². The number of aromatic nitrogens is 1. The predicted octanol–water partition coefficient (Wildman–Crippen LogP) is 0.604. The number of nitrogens with zero attached hydrogens (tertiary/aromatic N) is 3. The largest absolute Gasteiger partial charge is 0.311 e. The summed E-state index contributed by atoms with van der Waals surface area (Å²) in [5.74, 6) is 0. The Morgan fingerprint density at radius 1 is 1.53 bits per heavy atom. The third-order valence-corrected chi connectivity index (χ3v) is 2.05.